The van der Waals surface area contributed by atoms with Gasteiger partial charge in [-0.15, -0.1) is 6.58 Å². The molecule has 1 aromatic carbocycles. The fraction of sp³-hybridized carbons (Fsp3) is 0.158. The molecule has 0 saturated carbocycles. The largest absolute Gasteiger partial charge is 0.494 e. The second kappa shape index (κ2) is 6.48. The van der Waals surface area contributed by atoms with Gasteiger partial charge in [0.25, 0.3) is 5.56 Å². The SMILES string of the molecule is C=CCn1c(=O)c(-c2cccc(OCC)c2)cc2cccnc21. The van der Waals surface area contributed by atoms with Crippen LogP contribution in [-0.4, -0.2) is 16.2 Å². The molecule has 4 nitrogen and oxygen atoms in total. The van der Waals surface area contributed by atoms with E-state index in [2.05, 4.69) is 11.6 Å². The molecule has 0 radical (unpaired) electrons. The van der Waals surface area contributed by atoms with Gasteiger partial charge in [0.15, 0.2) is 0 Å². The maximum Gasteiger partial charge on any atom is 0.260 e. The molecule has 0 bridgehead atoms. The van der Waals surface area contributed by atoms with E-state index in [-0.39, 0.29) is 5.56 Å². The molecule has 4 heteroatoms. The molecular formula is C19H18N2O2. The molecule has 3 aromatic rings. The lowest BCUT2D eigenvalue weighted by Gasteiger charge is -2.11. The highest BCUT2D eigenvalue weighted by molar-refractivity contribution is 5.81. The van der Waals surface area contributed by atoms with Gasteiger partial charge in [-0.2, -0.15) is 0 Å². The molecule has 3 rings (SSSR count). The van der Waals surface area contributed by atoms with Crippen LogP contribution in [0.1, 0.15) is 6.92 Å². The lowest BCUT2D eigenvalue weighted by molar-refractivity contribution is 0.340. The molecule has 0 N–H and O–H groups in total. The topological polar surface area (TPSA) is 44.1 Å². The van der Waals surface area contributed by atoms with Crippen LogP contribution in [0, 0.1) is 0 Å². The van der Waals surface area contributed by atoms with E-state index < -0.39 is 0 Å². The number of nitrogens with zero attached hydrogens (tertiary/aromatic N) is 2. The minimum absolute atomic E-state index is 0.0789. The standard InChI is InChI=1S/C19H18N2O2/c1-3-11-21-18-15(8-6-10-20-18)13-17(19(21)22)14-7-5-9-16(12-14)23-4-2/h3,5-10,12-13H,1,4,11H2,2H3. The summed E-state index contributed by atoms with van der Waals surface area (Å²) in [4.78, 5) is 17.2. The van der Waals surface area contributed by atoms with Crippen LogP contribution < -0.4 is 10.3 Å². The number of ether oxygens (including phenoxy) is 1. The monoisotopic (exact) mass is 306 g/mol. The van der Waals surface area contributed by atoms with Gasteiger partial charge in [-0.3, -0.25) is 9.36 Å². The molecule has 0 atom stereocenters. The van der Waals surface area contributed by atoms with Gasteiger partial charge in [0.2, 0.25) is 0 Å². The van der Waals surface area contributed by atoms with Crippen molar-refractivity contribution in [2.24, 2.45) is 0 Å². The molecular weight excluding hydrogens is 288 g/mol. The van der Waals surface area contributed by atoms with Crippen LogP contribution in [-0.2, 0) is 6.54 Å². The predicted molar refractivity (Wildman–Crippen MR) is 92.8 cm³/mol. The number of hydrogen-bond acceptors (Lipinski definition) is 3. The van der Waals surface area contributed by atoms with Crippen molar-refractivity contribution in [3.8, 4) is 16.9 Å². The van der Waals surface area contributed by atoms with E-state index in [0.717, 1.165) is 16.7 Å². The summed E-state index contributed by atoms with van der Waals surface area (Å²) in [5.41, 5.74) is 2.06. The van der Waals surface area contributed by atoms with E-state index in [0.29, 0.717) is 24.4 Å². The van der Waals surface area contributed by atoms with E-state index >= 15 is 0 Å². The molecule has 0 spiro atoms. The van der Waals surface area contributed by atoms with Gasteiger partial charge < -0.3 is 4.74 Å². The van der Waals surface area contributed by atoms with E-state index in [1.54, 1.807) is 16.8 Å². The van der Waals surface area contributed by atoms with Crippen LogP contribution in [0.25, 0.3) is 22.2 Å². The molecule has 0 unspecified atom stereocenters. The third-order valence-electron chi connectivity index (χ3n) is 3.62. The van der Waals surface area contributed by atoms with Crippen molar-refractivity contribution in [2.45, 2.75) is 13.5 Å². The summed E-state index contributed by atoms with van der Waals surface area (Å²) in [6.45, 7) is 6.68. The Bertz CT molecular complexity index is 913. The summed E-state index contributed by atoms with van der Waals surface area (Å²) in [7, 11) is 0. The molecule has 0 aliphatic rings. The molecule has 116 valence electrons. The molecule has 23 heavy (non-hydrogen) atoms. The number of aromatic nitrogens is 2. The first-order valence-electron chi connectivity index (χ1n) is 7.57. The van der Waals surface area contributed by atoms with Gasteiger partial charge in [0.05, 0.1) is 6.61 Å². The van der Waals surface area contributed by atoms with Gasteiger partial charge in [-0.25, -0.2) is 4.98 Å². The summed E-state index contributed by atoms with van der Waals surface area (Å²) in [6.07, 6.45) is 3.40. The quantitative estimate of drug-likeness (QED) is 0.676. The molecule has 0 amide bonds. The summed E-state index contributed by atoms with van der Waals surface area (Å²) >= 11 is 0. The van der Waals surface area contributed by atoms with E-state index in [9.17, 15) is 4.79 Å². The lowest BCUT2D eigenvalue weighted by atomic mass is 10.1. The van der Waals surface area contributed by atoms with Crippen molar-refractivity contribution in [2.75, 3.05) is 6.61 Å². The Hall–Kier alpha value is -2.88. The van der Waals surface area contributed by atoms with Crippen molar-refractivity contribution in [3.05, 3.63) is 71.7 Å². The predicted octanol–water partition coefficient (Wildman–Crippen LogP) is 3.65. The van der Waals surface area contributed by atoms with E-state index in [1.165, 1.54) is 0 Å². The van der Waals surface area contributed by atoms with Gasteiger partial charge in [-0.1, -0.05) is 18.2 Å². The van der Waals surface area contributed by atoms with E-state index in [1.807, 2.05) is 49.4 Å². The molecule has 2 aromatic heterocycles. The number of rotatable bonds is 5. The minimum atomic E-state index is -0.0789. The number of fused-ring (bicyclic) bond motifs is 1. The highest BCUT2D eigenvalue weighted by Gasteiger charge is 2.11. The number of allylic oxidation sites excluding steroid dienone is 1. The summed E-state index contributed by atoms with van der Waals surface area (Å²) in [5.74, 6) is 0.756. The highest BCUT2D eigenvalue weighted by Crippen LogP contribution is 2.24. The maximum absolute atomic E-state index is 12.9. The van der Waals surface area contributed by atoms with Gasteiger partial charge in [-0.05, 0) is 42.8 Å². The molecule has 0 fully saturated rings. The summed E-state index contributed by atoms with van der Waals surface area (Å²) in [6, 6.07) is 13.3. The fourth-order valence-corrected chi connectivity index (χ4v) is 2.63. The van der Waals surface area contributed by atoms with Crippen LogP contribution in [0.4, 0.5) is 0 Å². The zero-order chi connectivity index (χ0) is 16.2. The van der Waals surface area contributed by atoms with Gasteiger partial charge >= 0.3 is 0 Å². The number of hydrogen-bond donors (Lipinski definition) is 0. The van der Waals surface area contributed by atoms with Crippen LogP contribution in [0.15, 0.2) is 66.1 Å². The Labute approximate surface area is 134 Å². The highest BCUT2D eigenvalue weighted by atomic mass is 16.5. The Balaban J connectivity index is 2.25. The first-order chi connectivity index (χ1) is 11.2. The average Bonchev–Trinajstić information content (AvgIpc) is 2.58. The van der Waals surface area contributed by atoms with Crippen molar-refractivity contribution in [1.82, 2.24) is 9.55 Å². The summed E-state index contributed by atoms with van der Waals surface area (Å²) in [5, 5.41) is 0.922. The molecule has 2 heterocycles. The van der Waals surface area contributed by atoms with Crippen LogP contribution in [0.3, 0.4) is 0 Å². The van der Waals surface area contributed by atoms with E-state index in [4.69, 9.17) is 4.74 Å². The second-order valence-electron chi connectivity index (χ2n) is 5.14. The fourth-order valence-electron chi connectivity index (χ4n) is 2.63. The Kier molecular flexibility index (Phi) is 4.24. The Morgan fingerprint density at radius 2 is 2.13 bits per heavy atom. The average molecular weight is 306 g/mol. The molecule has 0 aliphatic heterocycles. The third-order valence-corrected chi connectivity index (χ3v) is 3.62. The zero-order valence-electron chi connectivity index (χ0n) is 13.0. The second-order valence-corrected chi connectivity index (χ2v) is 5.14. The smallest absolute Gasteiger partial charge is 0.260 e. The number of pyridine rings is 2. The minimum Gasteiger partial charge on any atom is -0.494 e. The number of benzene rings is 1. The Morgan fingerprint density at radius 3 is 2.91 bits per heavy atom. The zero-order valence-corrected chi connectivity index (χ0v) is 13.0. The maximum atomic E-state index is 12.9. The van der Waals surface area contributed by atoms with Crippen molar-refractivity contribution in [3.63, 3.8) is 0 Å². The third kappa shape index (κ3) is 2.88. The van der Waals surface area contributed by atoms with Crippen LogP contribution >= 0.6 is 0 Å². The first kappa shape index (κ1) is 15.0. The lowest BCUT2D eigenvalue weighted by Crippen LogP contribution is -2.22. The normalized spacial score (nSPS) is 10.7. The summed E-state index contributed by atoms with van der Waals surface area (Å²) < 4.78 is 7.18. The van der Waals surface area contributed by atoms with Crippen molar-refractivity contribution < 1.29 is 4.74 Å². The van der Waals surface area contributed by atoms with Crippen LogP contribution in [0.5, 0.6) is 5.75 Å². The molecule has 0 saturated heterocycles. The first-order valence-corrected chi connectivity index (χ1v) is 7.57. The Morgan fingerprint density at radius 1 is 1.26 bits per heavy atom. The van der Waals surface area contributed by atoms with Crippen molar-refractivity contribution in [1.29, 1.82) is 0 Å². The van der Waals surface area contributed by atoms with Gasteiger partial charge in [0, 0.05) is 23.7 Å². The van der Waals surface area contributed by atoms with Gasteiger partial charge in [0.1, 0.15) is 11.4 Å². The van der Waals surface area contributed by atoms with Crippen LogP contribution in [0.2, 0.25) is 0 Å². The van der Waals surface area contributed by atoms with Crippen molar-refractivity contribution >= 4 is 11.0 Å². The molecule has 0 aliphatic carbocycles.